The van der Waals surface area contributed by atoms with Crippen LogP contribution in [0.5, 0.6) is 0 Å². The first kappa shape index (κ1) is 20.4. The van der Waals surface area contributed by atoms with E-state index in [0.717, 1.165) is 40.9 Å². The third kappa shape index (κ3) is 5.34. The number of aromatic nitrogens is 1. The molecule has 2 amide bonds. The molecule has 0 saturated heterocycles. The second-order valence-corrected chi connectivity index (χ2v) is 10.6. The summed E-state index contributed by atoms with van der Waals surface area (Å²) in [6.45, 7) is 5.51. The highest BCUT2D eigenvalue weighted by molar-refractivity contribution is 9.11. The number of alkyl carbamates (subject to hydrolysis) is 1. The Morgan fingerprint density at radius 2 is 2.00 bits per heavy atom. The predicted molar refractivity (Wildman–Crippen MR) is 106 cm³/mol. The molecule has 150 valence electrons. The zero-order valence-electron chi connectivity index (χ0n) is 15.8. The Hall–Kier alpha value is -1.35. The van der Waals surface area contributed by atoms with Gasteiger partial charge in [-0.15, -0.1) is 11.3 Å². The molecule has 0 aliphatic heterocycles. The number of thiazole rings is 1. The van der Waals surface area contributed by atoms with E-state index in [1.54, 1.807) is 16.2 Å². The van der Waals surface area contributed by atoms with Crippen molar-refractivity contribution in [1.29, 1.82) is 0 Å². The summed E-state index contributed by atoms with van der Waals surface area (Å²) < 4.78 is 6.14. The minimum atomic E-state index is -0.852. The molecule has 2 saturated carbocycles. The lowest BCUT2D eigenvalue weighted by Crippen LogP contribution is -2.47. The van der Waals surface area contributed by atoms with Crippen LogP contribution >= 0.6 is 27.3 Å². The van der Waals surface area contributed by atoms with Crippen molar-refractivity contribution < 1.29 is 19.4 Å². The predicted octanol–water partition coefficient (Wildman–Crippen LogP) is 4.58. The van der Waals surface area contributed by atoms with Crippen LogP contribution in [0.25, 0.3) is 0 Å². The minimum absolute atomic E-state index is 0.00514. The average Bonchev–Trinajstić information content (AvgIpc) is 3.19. The van der Waals surface area contributed by atoms with Crippen molar-refractivity contribution in [1.82, 2.24) is 15.2 Å². The molecule has 1 aromatic heterocycles. The van der Waals surface area contributed by atoms with E-state index in [0.29, 0.717) is 0 Å². The lowest BCUT2D eigenvalue weighted by atomic mass is 9.90. The lowest BCUT2D eigenvalue weighted by Gasteiger charge is -2.36. The Labute approximate surface area is 171 Å². The third-order valence-electron chi connectivity index (χ3n) is 5.01. The molecule has 2 fully saturated rings. The van der Waals surface area contributed by atoms with Crippen LogP contribution in [0.3, 0.4) is 0 Å². The summed E-state index contributed by atoms with van der Waals surface area (Å²) in [5.74, 6) is 0.252. The van der Waals surface area contributed by atoms with Crippen LogP contribution in [0.1, 0.15) is 63.7 Å². The second-order valence-electron chi connectivity index (χ2n) is 8.27. The number of halogens is 1. The van der Waals surface area contributed by atoms with Crippen LogP contribution in [0, 0.1) is 0 Å². The van der Waals surface area contributed by atoms with Crippen LogP contribution in [-0.4, -0.2) is 50.9 Å². The van der Waals surface area contributed by atoms with E-state index < -0.39 is 17.8 Å². The quantitative estimate of drug-likeness (QED) is 0.687. The number of ether oxygens (including phenoxy) is 1. The maximum atomic E-state index is 11.9. The largest absolute Gasteiger partial charge is 0.465 e. The molecule has 27 heavy (non-hydrogen) atoms. The molecule has 2 atom stereocenters. The number of hydrogen-bond acceptors (Lipinski definition) is 5. The van der Waals surface area contributed by atoms with E-state index in [1.807, 2.05) is 27.0 Å². The van der Waals surface area contributed by atoms with Crippen LogP contribution < -0.4 is 5.32 Å². The van der Waals surface area contributed by atoms with Crippen molar-refractivity contribution in [3.63, 3.8) is 0 Å². The number of hydrogen-bond donors (Lipinski definition) is 2. The van der Waals surface area contributed by atoms with E-state index in [-0.39, 0.29) is 24.0 Å². The molecule has 2 N–H and O–H groups in total. The van der Waals surface area contributed by atoms with Gasteiger partial charge in [-0.3, -0.25) is 0 Å². The van der Waals surface area contributed by atoms with Crippen molar-refractivity contribution in [3.8, 4) is 0 Å². The number of carbonyl (C=O) groups excluding carboxylic acids is 1. The molecule has 2 aliphatic rings. The van der Waals surface area contributed by atoms with Crippen molar-refractivity contribution in [2.75, 3.05) is 0 Å². The summed E-state index contributed by atoms with van der Waals surface area (Å²) in [6, 6.07) is 0.0833. The van der Waals surface area contributed by atoms with Crippen molar-refractivity contribution >= 4 is 39.5 Å². The lowest BCUT2D eigenvalue weighted by molar-refractivity contribution is 0.0471. The number of amides is 2. The number of nitrogens with one attached hydrogen (secondary N) is 1. The number of carbonyl (C=O) groups is 2. The number of nitrogens with zero attached hydrogens (tertiary/aromatic N) is 2. The number of carboxylic acid groups (broad SMARTS) is 1. The Bertz CT molecular complexity index is 697. The number of rotatable bonds is 4. The van der Waals surface area contributed by atoms with E-state index in [2.05, 4.69) is 26.2 Å². The highest BCUT2D eigenvalue weighted by Gasteiger charge is 2.48. The second kappa shape index (κ2) is 7.95. The van der Waals surface area contributed by atoms with Gasteiger partial charge in [-0.1, -0.05) is 0 Å². The first-order valence-corrected chi connectivity index (χ1v) is 10.9. The van der Waals surface area contributed by atoms with Crippen LogP contribution in [-0.2, 0) is 4.74 Å². The summed E-state index contributed by atoms with van der Waals surface area (Å²) in [7, 11) is 0. The Kier molecular flexibility index (Phi) is 6.00. The van der Waals surface area contributed by atoms with Crippen LogP contribution in [0.2, 0.25) is 0 Å². The first-order valence-electron chi connectivity index (χ1n) is 9.26. The molecule has 2 aliphatic carbocycles. The summed E-state index contributed by atoms with van der Waals surface area (Å²) in [4.78, 5) is 30.8. The summed E-state index contributed by atoms with van der Waals surface area (Å²) in [5.41, 5.74) is -0.520. The smallest absolute Gasteiger partial charge is 0.407 e. The SMILES string of the molecule is CC(C)(C)OC(=O)NC1CCC(N(C(=O)O)C2CC2c2cnc(Br)s2)CC1. The Morgan fingerprint density at radius 3 is 2.52 bits per heavy atom. The fourth-order valence-corrected chi connectivity index (χ4v) is 5.25. The Morgan fingerprint density at radius 1 is 1.33 bits per heavy atom. The molecule has 1 aromatic rings. The molecule has 0 aromatic carbocycles. The van der Waals surface area contributed by atoms with E-state index >= 15 is 0 Å². The molecule has 3 rings (SSSR count). The van der Waals surface area contributed by atoms with E-state index in [4.69, 9.17) is 4.74 Å². The third-order valence-corrected chi connectivity index (χ3v) is 6.61. The molecule has 2 unspecified atom stereocenters. The molecular formula is C18H26BrN3O4S. The van der Waals surface area contributed by atoms with E-state index in [9.17, 15) is 14.7 Å². The molecule has 0 radical (unpaired) electrons. The fourth-order valence-electron chi connectivity index (χ4n) is 3.77. The zero-order valence-corrected chi connectivity index (χ0v) is 18.2. The van der Waals surface area contributed by atoms with Gasteiger partial charge in [0.1, 0.15) is 5.60 Å². The van der Waals surface area contributed by atoms with Gasteiger partial charge in [-0.2, -0.15) is 0 Å². The highest BCUT2D eigenvalue weighted by Crippen LogP contribution is 2.48. The van der Waals surface area contributed by atoms with Gasteiger partial charge in [0.2, 0.25) is 0 Å². The first-order chi connectivity index (χ1) is 12.6. The minimum Gasteiger partial charge on any atom is -0.465 e. The van der Waals surface area contributed by atoms with Gasteiger partial charge < -0.3 is 20.1 Å². The van der Waals surface area contributed by atoms with Crippen molar-refractivity contribution in [3.05, 3.63) is 15.0 Å². The molecule has 1 heterocycles. The Balaban J connectivity index is 1.52. The van der Waals surface area contributed by atoms with Gasteiger partial charge in [0.25, 0.3) is 0 Å². The van der Waals surface area contributed by atoms with Crippen LogP contribution in [0.4, 0.5) is 9.59 Å². The maximum Gasteiger partial charge on any atom is 0.407 e. The molecular weight excluding hydrogens is 434 g/mol. The molecule has 9 heteroatoms. The van der Waals surface area contributed by atoms with Gasteiger partial charge in [0, 0.05) is 35.1 Å². The topological polar surface area (TPSA) is 91.8 Å². The highest BCUT2D eigenvalue weighted by atomic mass is 79.9. The fraction of sp³-hybridized carbons (Fsp3) is 0.722. The normalized spacial score (nSPS) is 27.7. The van der Waals surface area contributed by atoms with Gasteiger partial charge in [0.05, 0.1) is 0 Å². The van der Waals surface area contributed by atoms with Crippen molar-refractivity contribution in [2.24, 2.45) is 0 Å². The van der Waals surface area contributed by atoms with E-state index in [1.165, 1.54) is 0 Å². The molecule has 0 spiro atoms. The average molecular weight is 460 g/mol. The van der Waals surface area contributed by atoms with Gasteiger partial charge in [-0.25, -0.2) is 14.6 Å². The van der Waals surface area contributed by atoms with Crippen molar-refractivity contribution in [2.45, 2.75) is 82.5 Å². The standard InChI is InChI=1S/C18H26BrN3O4S/c1-18(2,3)26-16(23)21-10-4-6-11(7-5-10)22(17(24)25)13-8-12(13)14-9-20-15(19)27-14/h9-13H,4-8H2,1-3H3,(H,21,23)(H,24,25). The molecule has 0 bridgehead atoms. The zero-order chi connectivity index (χ0) is 19.8. The van der Waals surface area contributed by atoms with Gasteiger partial charge in [0.15, 0.2) is 3.92 Å². The summed E-state index contributed by atoms with van der Waals surface area (Å²) >= 11 is 4.94. The van der Waals surface area contributed by atoms with Crippen LogP contribution in [0.15, 0.2) is 10.1 Å². The summed E-state index contributed by atoms with van der Waals surface area (Å²) in [5, 5.41) is 12.7. The maximum absolute atomic E-state index is 11.9. The van der Waals surface area contributed by atoms with Gasteiger partial charge >= 0.3 is 12.2 Å². The molecule has 7 nitrogen and oxygen atoms in total. The van der Waals surface area contributed by atoms with Gasteiger partial charge in [-0.05, 0) is 68.8 Å². The monoisotopic (exact) mass is 459 g/mol. The summed E-state index contributed by atoms with van der Waals surface area (Å²) in [6.07, 6.45) is 4.46.